The van der Waals surface area contributed by atoms with E-state index in [2.05, 4.69) is 0 Å². The molecule has 2 aromatic carbocycles. The third kappa shape index (κ3) is 4.50. The van der Waals surface area contributed by atoms with Gasteiger partial charge in [-0.05, 0) is 43.7 Å². The number of nitrogens with zero attached hydrogens (tertiary/aromatic N) is 2. The molecule has 0 N–H and O–H groups in total. The smallest absolute Gasteiger partial charge is 0.228 e. The highest BCUT2D eigenvalue weighted by Crippen LogP contribution is 2.29. The molecule has 0 aliphatic carbocycles. The van der Waals surface area contributed by atoms with E-state index in [0.717, 1.165) is 23.1 Å². The summed E-state index contributed by atoms with van der Waals surface area (Å²) in [7, 11) is -1.54. The van der Waals surface area contributed by atoms with Gasteiger partial charge in [-0.2, -0.15) is 0 Å². The highest BCUT2D eigenvalue weighted by atomic mass is 32.2. The summed E-state index contributed by atoms with van der Waals surface area (Å²) < 4.78 is 23.3. The van der Waals surface area contributed by atoms with Crippen molar-refractivity contribution in [1.82, 2.24) is 4.90 Å². The van der Waals surface area contributed by atoms with E-state index in [-0.39, 0.29) is 29.2 Å². The van der Waals surface area contributed by atoms with Crippen molar-refractivity contribution in [3.05, 3.63) is 59.7 Å². The summed E-state index contributed by atoms with van der Waals surface area (Å²) in [6.07, 6.45) is 1.36. The molecule has 1 fully saturated rings. The molecule has 1 saturated heterocycles. The lowest BCUT2D eigenvalue weighted by atomic mass is 10.0. The van der Waals surface area contributed by atoms with Crippen LogP contribution in [-0.2, 0) is 19.4 Å². The normalized spacial score (nSPS) is 18.0. The Morgan fingerprint density at radius 1 is 1.10 bits per heavy atom. The second-order valence-electron chi connectivity index (χ2n) is 7.71. The molecule has 0 aromatic heterocycles. The third-order valence-corrected chi connectivity index (χ3v) is 6.67. The number of benzene rings is 2. The number of anilines is 1. The molecule has 0 spiro atoms. The van der Waals surface area contributed by atoms with Crippen molar-refractivity contribution in [2.45, 2.75) is 31.2 Å². The Labute approximate surface area is 172 Å². The number of hydrogen-bond acceptors (Lipinski definition) is 4. The Balaban J connectivity index is 1.71. The molecular formula is C22H26N2O4S. The molecule has 29 heavy (non-hydrogen) atoms. The largest absolute Gasteiger partial charge is 0.339 e. The molecule has 2 aromatic rings. The third-order valence-electron chi connectivity index (χ3n) is 5.54. The summed E-state index contributed by atoms with van der Waals surface area (Å²) >= 11 is 0. The minimum atomic E-state index is -3.26. The lowest BCUT2D eigenvalue weighted by molar-refractivity contribution is -0.136. The fourth-order valence-corrected chi connectivity index (χ4v) is 4.17. The monoisotopic (exact) mass is 414 g/mol. The Kier molecular flexibility index (Phi) is 5.80. The first kappa shape index (κ1) is 21.0. The van der Waals surface area contributed by atoms with Gasteiger partial charge in [0, 0.05) is 32.0 Å². The van der Waals surface area contributed by atoms with Crippen molar-refractivity contribution < 1.29 is 18.0 Å². The van der Waals surface area contributed by atoms with E-state index < -0.39 is 15.8 Å². The van der Waals surface area contributed by atoms with Crippen LogP contribution in [0.5, 0.6) is 0 Å². The van der Waals surface area contributed by atoms with Gasteiger partial charge in [-0.15, -0.1) is 0 Å². The van der Waals surface area contributed by atoms with Crippen LogP contribution in [0.15, 0.2) is 53.4 Å². The molecule has 2 unspecified atom stereocenters. The van der Waals surface area contributed by atoms with Crippen LogP contribution in [0.2, 0.25) is 0 Å². The van der Waals surface area contributed by atoms with E-state index in [9.17, 15) is 18.0 Å². The van der Waals surface area contributed by atoms with Crippen molar-refractivity contribution in [2.75, 3.05) is 24.7 Å². The molecule has 7 heteroatoms. The first-order valence-corrected chi connectivity index (χ1v) is 11.4. The van der Waals surface area contributed by atoms with Gasteiger partial charge in [-0.3, -0.25) is 9.59 Å². The zero-order valence-electron chi connectivity index (χ0n) is 17.1. The van der Waals surface area contributed by atoms with Crippen molar-refractivity contribution in [1.29, 1.82) is 0 Å². The number of rotatable bonds is 5. The number of hydrogen-bond donors (Lipinski definition) is 0. The van der Waals surface area contributed by atoms with E-state index in [4.69, 9.17) is 0 Å². The van der Waals surface area contributed by atoms with Gasteiger partial charge in [0.2, 0.25) is 11.8 Å². The fourth-order valence-electron chi connectivity index (χ4n) is 3.54. The van der Waals surface area contributed by atoms with Crippen molar-refractivity contribution in [3.8, 4) is 0 Å². The van der Waals surface area contributed by atoms with E-state index in [0.29, 0.717) is 6.54 Å². The second kappa shape index (κ2) is 7.99. The lowest BCUT2D eigenvalue weighted by Gasteiger charge is -2.28. The Hall–Kier alpha value is -2.67. The number of sulfone groups is 1. The summed E-state index contributed by atoms with van der Waals surface area (Å²) in [4.78, 5) is 29.0. The highest BCUT2D eigenvalue weighted by molar-refractivity contribution is 7.90. The van der Waals surface area contributed by atoms with Gasteiger partial charge < -0.3 is 9.80 Å². The molecule has 2 atom stereocenters. The van der Waals surface area contributed by atoms with Gasteiger partial charge in [0.25, 0.3) is 0 Å². The summed E-state index contributed by atoms with van der Waals surface area (Å²) in [5, 5.41) is 0. The topological polar surface area (TPSA) is 74.8 Å². The molecule has 3 rings (SSSR count). The van der Waals surface area contributed by atoms with Crippen LogP contribution in [0.1, 0.15) is 30.5 Å². The van der Waals surface area contributed by atoms with Crippen molar-refractivity contribution >= 4 is 27.3 Å². The van der Waals surface area contributed by atoms with Crippen LogP contribution in [-0.4, -0.2) is 45.0 Å². The molecule has 0 bridgehead atoms. The van der Waals surface area contributed by atoms with E-state index >= 15 is 0 Å². The number of amides is 2. The molecule has 154 valence electrons. The molecule has 1 aliphatic heterocycles. The zero-order chi connectivity index (χ0) is 21.3. The predicted octanol–water partition coefficient (Wildman–Crippen LogP) is 2.97. The maximum absolute atomic E-state index is 13.0. The summed E-state index contributed by atoms with van der Waals surface area (Å²) in [5.41, 5.74) is 2.76. The summed E-state index contributed by atoms with van der Waals surface area (Å²) in [5.74, 6) is -0.537. The van der Waals surface area contributed by atoms with Gasteiger partial charge in [0.1, 0.15) is 0 Å². The lowest BCUT2D eigenvalue weighted by Crippen LogP contribution is -2.36. The maximum atomic E-state index is 13.0. The average Bonchev–Trinajstić information content (AvgIpc) is 3.08. The summed E-state index contributed by atoms with van der Waals surface area (Å²) in [6, 6.07) is 14.0. The van der Waals surface area contributed by atoms with Crippen LogP contribution >= 0.6 is 0 Å². The van der Waals surface area contributed by atoms with Gasteiger partial charge >= 0.3 is 0 Å². The van der Waals surface area contributed by atoms with Gasteiger partial charge in [0.05, 0.1) is 16.9 Å². The van der Waals surface area contributed by atoms with E-state index in [1.54, 1.807) is 41.1 Å². The second-order valence-corrected chi connectivity index (χ2v) is 9.72. The quantitative estimate of drug-likeness (QED) is 0.754. The van der Waals surface area contributed by atoms with Crippen LogP contribution < -0.4 is 4.90 Å². The van der Waals surface area contributed by atoms with Crippen LogP contribution in [0.3, 0.4) is 0 Å². The standard InChI is InChI=1S/C22H26N2O4S/c1-15-5-9-19(10-6-15)24-14-18(13-21(24)25)22(26)23(3)16(2)17-7-11-20(12-8-17)29(4,27)28/h5-12,16,18H,13-14H2,1-4H3. The van der Waals surface area contributed by atoms with Crippen molar-refractivity contribution in [3.63, 3.8) is 0 Å². The Morgan fingerprint density at radius 2 is 1.69 bits per heavy atom. The highest BCUT2D eigenvalue weighted by Gasteiger charge is 2.37. The molecule has 1 aliphatic rings. The van der Waals surface area contributed by atoms with Crippen molar-refractivity contribution in [2.24, 2.45) is 5.92 Å². The SMILES string of the molecule is Cc1ccc(N2CC(C(=O)N(C)C(C)c3ccc(S(C)(=O)=O)cc3)CC2=O)cc1. The van der Waals surface area contributed by atoms with Crippen LogP contribution in [0.25, 0.3) is 0 Å². The average molecular weight is 415 g/mol. The van der Waals surface area contributed by atoms with Gasteiger partial charge in [-0.1, -0.05) is 29.8 Å². The number of carbonyl (C=O) groups is 2. The Bertz CT molecular complexity index is 1010. The van der Waals surface area contributed by atoms with E-state index in [1.165, 1.54) is 0 Å². The number of carbonyl (C=O) groups excluding carboxylic acids is 2. The predicted molar refractivity (Wildman–Crippen MR) is 112 cm³/mol. The molecule has 0 saturated carbocycles. The Morgan fingerprint density at radius 3 is 2.24 bits per heavy atom. The minimum Gasteiger partial charge on any atom is -0.339 e. The molecule has 0 radical (unpaired) electrons. The first-order chi connectivity index (χ1) is 13.6. The van der Waals surface area contributed by atoms with Crippen LogP contribution in [0, 0.1) is 12.8 Å². The fraction of sp³-hybridized carbons (Fsp3) is 0.364. The maximum Gasteiger partial charge on any atom is 0.228 e. The van der Waals surface area contributed by atoms with E-state index in [1.807, 2.05) is 38.1 Å². The zero-order valence-corrected chi connectivity index (χ0v) is 17.9. The number of aryl methyl sites for hydroxylation is 1. The molecule has 6 nitrogen and oxygen atoms in total. The minimum absolute atomic E-state index is 0.0502. The first-order valence-electron chi connectivity index (χ1n) is 9.51. The molecule has 2 amide bonds. The molecule has 1 heterocycles. The van der Waals surface area contributed by atoms with Gasteiger partial charge in [-0.25, -0.2) is 8.42 Å². The van der Waals surface area contributed by atoms with Crippen LogP contribution in [0.4, 0.5) is 5.69 Å². The van der Waals surface area contributed by atoms with Gasteiger partial charge in [0.15, 0.2) is 9.84 Å². The molecular weight excluding hydrogens is 388 g/mol. The summed E-state index contributed by atoms with van der Waals surface area (Å²) in [6.45, 7) is 4.24.